The zero-order valence-corrected chi connectivity index (χ0v) is 14.2. The van der Waals surface area contributed by atoms with Crippen LogP contribution in [-0.4, -0.2) is 51.8 Å². The quantitative estimate of drug-likeness (QED) is 0.874. The van der Waals surface area contributed by atoms with Crippen molar-refractivity contribution in [2.45, 2.75) is 19.6 Å². The summed E-state index contributed by atoms with van der Waals surface area (Å²) in [6, 6.07) is 0. The van der Waals surface area contributed by atoms with Crippen molar-refractivity contribution in [1.29, 1.82) is 0 Å². The van der Waals surface area contributed by atoms with Crippen LogP contribution in [0.25, 0.3) is 0 Å². The van der Waals surface area contributed by atoms with E-state index in [1.807, 2.05) is 13.1 Å². The van der Waals surface area contributed by atoms with Gasteiger partial charge < -0.3 is 14.6 Å². The van der Waals surface area contributed by atoms with Crippen molar-refractivity contribution in [2.24, 2.45) is 7.05 Å². The van der Waals surface area contributed by atoms with Crippen LogP contribution >= 0.6 is 11.3 Å². The monoisotopic (exact) mass is 335 g/mol. The van der Waals surface area contributed by atoms with Crippen molar-refractivity contribution in [3.63, 3.8) is 0 Å². The molecule has 23 heavy (non-hydrogen) atoms. The first-order chi connectivity index (χ1) is 11.1. The van der Waals surface area contributed by atoms with Gasteiger partial charge in [0.15, 0.2) is 5.82 Å². The third kappa shape index (κ3) is 4.15. The van der Waals surface area contributed by atoms with Gasteiger partial charge in [0, 0.05) is 56.7 Å². The van der Waals surface area contributed by atoms with Crippen LogP contribution in [0, 0.1) is 6.92 Å². The molecule has 1 aliphatic heterocycles. The second-order valence-electron chi connectivity index (χ2n) is 5.65. The van der Waals surface area contributed by atoms with Crippen LogP contribution in [0.2, 0.25) is 0 Å². The van der Waals surface area contributed by atoms with E-state index in [2.05, 4.69) is 20.2 Å². The van der Waals surface area contributed by atoms with Crippen LogP contribution < -0.4 is 10.9 Å². The number of aryl methyl sites for hydroxylation is 2. The number of hydrogen-bond donors (Lipinski definition) is 1. The first-order valence-electron chi connectivity index (χ1n) is 7.62. The third-order valence-electron chi connectivity index (χ3n) is 3.79. The topological polar surface area (TPSA) is 72.3 Å². The molecule has 1 N–H and O–H groups in total. The molecule has 1 saturated heterocycles. The summed E-state index contributed by atoms with van der Waals surface area (Å²) in [5, 5.41) is 4.20. The summed E-state index contributed by atoms with van der Waals surface area (Å²) >= 11 is 1.73. The molecule has 3 heterocycles. The summed E-state index contributed by atoms with van der Waals surface area (Å²) in [7, 11) is 1.71. The minimum absolute atomic E-state index is 0.0458. The lowest BCUT2D eigenvalue weighted by Gasteiger charge is -2.32. The molecule has 0 amide bonds. The zero-order valence-electron chi connectivity index (χ0n) is 13.4. The molecule has 2 aromatic rings. The van der Waals surface area contributed by atoms with Crippen LogP contribution in [0.3, 0.4) is 0 Å². The van der Waals surface area contributed by atoms with Crippen molar-refractivity contribution in [3.8, 4) is 0 Å². The van der Waals surface area contributed by atoms with Gasteiger partial charge in [0.05, 0.1) is 17.7 Å². The minimum Gasteiger partial charge on any atom is -0.374 e. The Balaban J connectivity index is 1.54. The summed E-state index contributed by atoms with van der Waals surface area (Å²) in [6.07, 6.45) is 5.25. The molecule has 0 aromatic carbocycles. The van der Waals surface area contributed by atoms with Crippen LogP contribution in [0.4, 0.5) is 5.82 Å². The highest BCUT2D eigenvalue weighted by molar-refractivity contribution is 7.11. The number of aromatic nitrogens is 3. The molecule has 124 valence electrons. The summed E-state index contributed by atoms with van der Waals surface area (Å²) in [4.78, 5) is 24.0. The Morgan fingerprint density at radius 2 is 2.35 bits per heavy atom. The van der Waals surface area contributed by atoms with E-state index in [1.54, 1.807) is 30.8 Å². The number of nitrogens with one attached hydrogen (secondary N) is 1. The fourth-order valence-electron chi connectivity index (χ4n) is 2.58. The Bertz CT molecular complexity index is 714. The molecule has 0 saturated carbocycles. The van der Waals surface area contributed by atoms with Gasteiger partial charge in [-0.1, -0.05) is 0 Å². The Morgan fingerprint density at radius 3 is 3.13 bits per heavy atom. The number of morpholine rings is 1. The molecule has 0 aliphatic carbocycles. The number of nitrogens with zero attached hydrogens (tertiary/aromatic N) is 4. The number of ether oxygens (including phenoxy) is 1. The van der Waals surface area contributed by atoms with Crippen molar-refractivity contribution >= 4 is 17.2 Å². The van der Waals surface area contributed by atoms with E-state index in [9.17, 15) is 4.79 Å². The number of thiazole rings is 1. The smallest absolute Gasteiger partial charge is 0.293 e. The summed E-state index contributed by atoms with van der Waals surface area (Å²) < 4.78 is 7.30. The summed E-state index contributed by atoms with van der Waals surface area (Å²) in [6.45, 7) is 5.94. The van der Waals surface area contributed by atoms with Crippen molar-refractivity contribution < 1.29 is 4.74 Å². The van der Waals surface area contributed by atoms with Gasteiger partial charge >= 0.3 is 0 Å². The maximum atomic E-state index is 11.9. The minimum atomic E-state index is -0.125. The van der Waals surface area contributed by atoms with Gasteiger partial charge in [0.1, 0.15) is 0 Å². The van der Waals surface area contributed by atoms with Gasteiger partial charge in [0.25, 0.3) is 5.56 Å². The lowest BCUT2D eigenvalue weighted by Crippen LogP contribution is -2.45. The summed E-state index contributed by atoms with van der Waals surface area (Å²) in [5.74, 6) is 0.369. The molecule has 1 unspecified atom stereocenters. The molecule has 1 atom stereocenters. The largest absolute Gasteiger partial charge is 0.374 e. The second-order valence-corrected chi connectivity index (χ2v) is 6.97. The fraction of sp³-hybridized carbons (Fsp3) is 0.533. The highest BCUT2D eigenvalue weighted by Gasteiger charge is 2.21. The van der Waals surface area contributed by atoms with E-state index < -0.39 is 0 Å². The second kappa shape index (κ2) is 7.20. The number of anilines is 1. The van der Waals surface area contributed by atoms with E-state index in [0.29, 0.717) is 19.0 Å². The average molecular weight is 335 g/mol. The van der Waals surface area contributed by atoms with E-state index in [0.717, 1.165) is 24.6 Å². The van der Waals surface area contributed by atoms with Crippen molar-refractivity contribution in [3.05, 3.63) is 38.8 Å². The standard InChI is InChI=1S/C15H21N5O2S/c1-11-17-8-13(23-11)10-20-5-6-22-12(9-20)7-18-14-15(21)19(2)4-3-16-14/h3-4,8,12H,5-7,9-10H2,1-2H3,(H,16,18). The highest BCUT2D eigenvalue weighted by Crippen LogP contribution is 2.16. The van der Waals surface area contributed by atoms with Gasteiger partial charge in [-0.3, -0.25) is 9.69 Å². The Kier molecular flexibility index (Phi) is 5.04. The zero-order chi connectivity index (χ0) is 16.2. The van der Waals surface area contributed by atoms with Crippen LogP contribution in [0.5, 0.6) is 0 Å². The van der Waals surface area contributed by atoms with Crippen molar-refractivity contribution in [2.75, 3.05) is 31.6 Å². The summed E-state index contributed by atoms with van der Waals surface area (Å²) in [5.41, 5.74) is -0.125. The highest BCUT2D eigenvalue weighted by atomic mass is 32.1. The lowest BCUT2D eigenvalue weighted by atomic mass is 10.2. The Hall–Kier alpha value is -1.77. The molecule has 1 fully saturated rings. The number of hydrogen-bond acceptors (Lipinski definition) is 7. The van der Waals surface area contributed by atoms with Gasteiger partial charge in [-0.25, -0.2) is 9.97 Å². The van der Waals surface area contributed by atoms with E-state index in [4.69, 9.17) is 4.74 Å². The van der Waals surface area contributed by atoms with Crippen LogP contribution in [0.1, 0.15) is 9.88 Å². The van der Waals surface area contributed by atoms with Gasteiger partial charge in [-0.05, 0) is 6.92 Å². The normalized spacial score (nSPS) is 19.0. The van der Waals surface area contributed by atoms with Gasteiger partial charge in [-0.15, -0.1) is 11.3 Å². The SMILES string of the molecule is Cc1ncc(CN2CCOC(CNc3nccn(C)c3=O)C2)s1. The predicted molar refractivity (Wildman–Crippen MR) is 89.8 cm³/mol. The van der Waals surface area contributed by atoms with E-state index in [-0.39, 0.29) is 11.7 Å². The van der Waals surface area contributed by atoms with Crippen molar-refractivity contribution in [1.82, 2.24) is 19.4 Å². The van der Waals surface area contributed by atoms with Gasteiger partial charge in [0.2, 0.25) is 0 Å². The molecule has 0 spiro atoms. The van der Waals surface area contributed by atoms with Gasteiger partial charge in [-0.2, -0.15) is 0 Å². The predicted octanol–water partition coefficient (Wildman–Crippen LogP) is 0.858. The first kappa shape index (κ1) is 16.1. The molecular weight excluding hydrogens is 314 g/mol. The molecule has 1 aliphatic rings. The van der Waals surface area contributed by atoms with Crippen LogP contribution in [0.15, 0.2) is 23.4 Å². The first-order valence-corrected chi connectivity index (χ1v) is 8.44. The molecule has 3 rings (SSSR count). The molecule has 0 radical (unpaired) electrons. The number of rotatable bonds is 5. The molecule has 7 nitrogen and oxygen atoms in total. The van der Waals surface area contributed by atoms with Crippen LogP contribution in [-0.2, 0) is 18.3 Å². The molecule has 8 heteroatoms. The Morgan fingerprint density at radius 1 is 1.48 bits per heavy atom. The maximum Gasteiger partial charge on any atom is 0.293 e. The molecule has 0 bridgehead atoms. The average Bonchev–Trinajstić information content (AvgIpc) is 2.94. The maximum absolute atomic E-state index is 11.9. The Labute approximate surface area is 138 Å². The van der Waals surface area contributed by atoms with E-state index in [1.165, 1.54) is 9.44 Å². The fourth-order valence-corrected chi connectivity index (χ4v) is 3.41. The molecular formula is C15H21N5O2S. The van der Waals surface area contributed by atoms with E-state index >= 15 is 0 Å². The third-order valence-corrected chi connectivity index (χ3v) is 4.68. The lowest BCUT2D eigenvalue weighted by molar-refractivity contribution is -0.0237. The molecule has 2 aromatic heterocycles.